The molecular formula is C24H24F3N3O4. The van der Waals surface area contributed by atoms with Crippen LogP contribution in [0.1, 0.15) is 34.1 Å². The first-order valence-electron chi connectivity index (χ1n) is 10.3. The van der Waals surface area contributed by atoms with E-state index < -0.39 is 28.9 Å². The Morgan fingerprint density at radius 2 is 1.97 bits per heavy atom. The van der Waals surface area contributed by atoms with E-state index in [2.05, 4.69) is 10.9 Å². The number of aryl methyl sites for hydroxylation is 2. The van der Waals surface area contributed by atoms with Crippen molar-refractivity contribution in [2.24, 2.45) is 7.05 Å². The molecule has 0 aliphatic rings. The lowest BCUT2D eigenvalue weighted by Gasteiger charge is -2.27. The van der Waals surface area contributed by atoms with Crippen LogP contribution in [0, 0.1) is 18.8 Å². The Labute approximate surface area is 193 Å². The van der Waals surface area contributed by atoms with Crippen molar-refractivity contribution in [2.75, 3.05) is 25.6 Å². The molecule has 1 atom stereocenters. The fraction of sp³-hybridized carbons (Fsp3) is 0.333. The number of alkyl halides is 3. The van der Waals surface area contributed by atoms with Crippen molar-refractivity contribution in [3.05, 3.63) is 63.2 Å². The number of fused-ring (bicyclic) bond motifs is 1. The van der Waals surface area contributed by atoms with Gasteiger partial charge in [-0.15, -0.1) is 0 Å². The highest BCUT2D eigenvalue weighted by molar-refractivity contribution is 6.07. The lowest BCUT2D eigenvalue weighted by Crippen LogP contribution is -2.41. The molecule has 0 saturated heterocycles. The van der Waals surface area contributed by atoms with Gasteiger partial charge in [0.05, 0.1) is 17.7 Å². The number of pyridine rings is 1. The molecule has 1 unspecified atom stereocenters. The SMILES string of the molecule is CCOC(=O)c1c(C)[nH]c2c(=O)n(C)cc(C#CC(O)(c3cccc(N(C)C)c3)C(F)(F)F)c12. The minimum atomic E-state index is -5.14. The standard InChI is InChI=1S/C24H24F3N3O4/c1-6-34-22(32)18-14(2)28-20-19(18)15(13-30(5)21(20)31)10-11-23(33,24(25,26)27)16-8-7-9-17(12-16)29(3)4/h7-9,12-13,28,33H,6H2,1-5H3. The van der Waals surface area contributed by atoms with Gasteiger partial charge in [0.25, 0.3) is 5.56 Å². The summed E-state index contributed by atoms with van der Waals surface area (Å²) in [5.41, 5.74) is -3.75. The lowest BCUT2D eigenvalue weighted by atomic mass is 9.92. The van der Waals surface area contributed by atoms with Gasteiger partial charge >= 0.3 is 12.1 Å². The summed E-state index contributed by atoms with van der Waals surface area (Å²) >= 11 is 0. The summed E-state index contributed by atoms with van der Waals surface area (Å²) in [6.07, 6.45) is -3.91. The first kappa shape index (κ1) is 24.9. The Balaban J connectivity index is 2.31. The van der Waals surface area contributed by atoms with Crippen LogP contribution < -0.4 is 10.5 Å². The normalized spacial score (nSPS) is 13.2. The largest absolute Gasteiger partial charge is 0.462 e. The second-order valence-corrected chi connectivity index (χ2v) is 7.96. The first-order valence-corrected chi connectivity index (χ1v) is 10.3. The summed E-state index contributed by atoms with van der Waals surface area (Å²) in [7, 11) is 4.72. The predicted molar refractivity (Wildman–Crippen MR) is 122 cm³/mol. The van der Waals surface area contributed by atoms with Crippen LogP contribution in [-0.4, -0.2) is 47.5 Å². The monoisotopic (exact) mass is 475 g/mol. The van der Waals surface area contributed by atoms with E-state index >= 15 is 0 Å². The van der Waals surface area contributed by atoms with E-state index in [1.807, 2.05) is 5.92 Å². The van der Waals surface area contributed by atoms with Gasteiger partial charge in [0.15, 0.2) is 0 Å². The molecule has 1 aromatic carbocycles. The van der Waals surface area contributed by atoms with E-state index in [1.165, 1.54) is 25.4 Å². The number of aromatic amines is 1. The summed E-state index contributed by atoms with van der Waals surface area (Å²) in [5, 5.41) is 10.8. The molecule has 7 nitrogen and oxygen atoms in total. The third-order valence-corrected chi connectivity index (χ3v) is 5.36. The zero-order valence-electron chi connectivity index (χ0n) is 19.3. The fourth-order valence-electron chi connectivity index (χ4n) is 3.57. The van der Waals surface area contributed by atoms with Crippen molar-refractivity contribution >= 4 is 22.6 Å². The van der Waals surface area contributed by atoms with Gasteiger partial charge in [-0.25, -0.2) is 4.79 Å². The van der Waals surface area contributed by atoms with Gasteiger partial charge in [0.1, 0.15) is 5.52 Å². The van der Waals surface area contributed by atoms with Crippen LogP contribution in [0.5, 0.6) is 0 Å². The molecule has 0 aliphatic carbocycles. The Morgan fingerprint density at radius 1 is 1.29 bits per heavy atom. The fourth-order valence-corrected chi connectivity index (χ4v) is 3.57. The number of halogens is 3. The van der Waals surface area contributed by atoms with Crippen LogP contribution in [0.3, 0.4) is 0 Å². The molecule has 3 aromatic rings. The van der Waals surface area contributed by atoms with Crippen molar-refractivity contribution < 1.29 is 27.8 Å². The third-order valence-electron chi connectivity index (χ3n) is 5.36. The van der Waals surface area contributed by atoms with Crippen LogP contribution in [0.4, 0.5) is 18.9 Å². The van der Waals surface area contributed by atoms with E-state index in [9.17, 15) is 27.9 Å². The predicted octanol–water partition coefficient (Wildman–Crippen LogP) is 3.22. The quantitative estimate of drug-likeness (QED) is 0.447. The van der Waals surface area contributed by atoms with Crippen LogP contribution in [0.2, 0.25) is 0 Å². The van der Waals surface area contributed by atoms with Crippen LogP contribution in [-0.2, 0) is 17.4 Å². The number of anilines is 1. The molecule has 3 rings (SSSR count). The van der Waals surface area contributed by atoms with E-state index in [0.29, 0.717) is 11.4 Å². The molecule has 180 valence electrons. The summed E-state index contributed by atoms with van der Waals surface area (Å²) in [6.45, 7) is 3.21. The molecular weight excluding hydrogens is 451 g/mol. The lowest BCUT2D eigenvalue weighted by molar-refractivity contribution is -0.240. The number of aromatic nitrogens is 2. The van der Waals surface area contributed by atoms with E-state index in [-0.39, 0.29) is 28.6 Å². The van der Waals surface area contributed by atoms with Crippen molar-refractivity contribution in [1.29, 1.82) is 0 Å². The molecule has 10 heteroatoms. The Bertz CT molecular complexity index is 1380. The highest BCUT2D eigenvalue weighted by Crippen LogP contribution is 2.39. The van der Waals surface area contributed by atoms with Gasteiger partial charge in [0, 0.05) is 49.7 Å². The van der Waals surface area contributed by atoms with Crippen molar-refractivity contribution in [3.8, 4) is 11.8 Å². The van der Waals surface area contributed by atoms with Gasteiger partial charge in [-0.05, 0) is 31.9 Å². The minimum absolute atomic E-state index is 0.00000618. The molecule has 0 saturated carbocycles. The van der Waals surface area contributed by atoms with Crippen molar-refractivity contribution in [3.63, 3.8) is 0 Å². The third kappa shape index (κ3) is 4.26. The highest BCUT2D eigenvalue weighted by atomic mass is 19.4. The summed E-state index contributed by atoms with van der Waals surface area (Å²) in [5.74, 6) is 3.60. The van der Waals surface area contributed by atoms with E-state index in [4.69, 9.17) is 4.74 Å². The van der Waals surface area contributed by atoms with Crippen molar-refractivity contribution in [2.45, 2.75) is 25.6 Å². The molecule has 2 N–H and O–H groups in total. The van der Waals surface area contributed by atoms with Gasteiger partial charge in [-0.2, -0.15) is 13.2 Å². The number of rotatable bonds is 4. The second kappa shape index (κ2) is 8.91. The van der Waals surface area contributed by atoms with Crippen LogP contribution >= 0.6 is 0 Å². The number of H-pyrrole nitrogens is 1. The molecule has 0 aliphatic heterocycles. The Hall–Kier alpha value is -3.71. The van der Waals surface area contributed by atoms with Gasteiger partial charge in [-0.1, -0.05) is 18.1 Å². The number of benzene rings is 1. The molecule has 0 bridgehead atoms. The average molecular weight is 475 g/mol. The van der Waals surface area contributed by atoms with E-state index in [1.54, 1.807) is 38.9 Å². The number of nitrogens with zero attached hydrogens (tertiary/aromatic N) is 2. The van der Waals surface area contributed by atoms with Gasteiger partial charge < -0.3 is 24.3 Å². The topological polar surface area (TPSA) is 87.6 Å². The highest BCUT2D eigenvalue weighted by Gasteiger charge is 2.54. The number of hydrogen-bond acceptors (Lipinski definition) is 5. The number of nitrogens with one attached hydrogen (secondary N) is 1. The summed E-state index contributed by atoms with van der Waals surface area (Å²) in [4.78, 5) is 29.5. The number of hydrogen-bond donors (Lipinski definition) is 2. The van der Waals surface area contributed by atoms with Crippen LogP contribution in [0.25, 0.3) is 10.9 Å². The summed E-state index contributed by atoms with van der Waals surface area (Å²) in [6, 6.07) is 5.32. The van der Waals surface area contributed by atoms with Crippen LogP contribution in [0.15, 0.2) is 35.3 Å². The minimum Gasteiger partial charge on any atom is -0.462 e. The molecule has 2 aromatic heterocycles. The van der Waals surface area contributed by atoms with Crippen molar-refractivity contribution in [1.82, 2.24) is 9.55 Å². The second-order valence-electron chi connectivity index (χ2n) is 7.96. The Morgan fingerprint density at radius 3 is 2.56 bits per heavy atom. The van der Waals surface area contributed by atoms with E-state index in [0.717, 1.165) is 10.6 Å². The zero-order chi connectivity index (χ0) is 25.4. The summed E-state index contributed by atoms with van der Waals surface area (Å²) < 4.78 is 48.5. The molecule has 0 fully saturated rings. The molecule has 34 heavy (non-hydrogen) atoms. The zero-order valence-corrected chi connectivity index (χ0v) is 19.3. The molecule has 0 amide bonds. The smallest absolute Gasteiger partial charge is 0.433 e. The number of ether oxygens (including phenoxy) is 1. The Kier molecular flexibility index (Phi) is 6.53. The molecule has 0 radical (unpaired) electrons. The first-order chi connectivity index (χ1) is 15.8. The average Bonchev–Trinajstić information content (AvgIpc) is 3.12. The maximum absolute atomic E-state index is 14.1. The van der Waals surface area contributed by atoms with Gasteiger partial charge in [0.2, 0.25) is 5.60 Å². The maximum atomic E-state index is 14.1. The maximum Gasteiger partial charge on any atom is 0.433 e. The number of carbonyl (C=O) groups is 1. The number of aliphatic hydroxyl groups is 1. The van der Waals surface area contributed by atoms with Gasteiger partial charge in [-0.3, -0.25) is 4.79 Å². The number of carbonyl (C=O) groups excluding carboxylic acids is 1. The number of esters is 1. The molecule has 2 heterocycles. The molecule has 0 spiro atoms.